The van der Waals surface area contributed by atoms with E-state index in [1.807, 2.05) is 13.8 Å². The Morgan fingerprint density at radius 2 is 1.93 bits per heavy atom. The summed E-state index contributed by atoms with van der Waals surface area (Å²) in [5.74, 6) is 0.455. The van der Waals surface area contributed by atoms with Crippen molar-refractivity contribution >= 4 is 5.78 Å². The first-order chi connectivity index (χ1) is 13.2. The van der Waals surface area contributed by atoms with Gasteiger partial charge in [-0.15, -0.1) is 0 Å². The number of Topliss-reactive ketones (excluding diaryl/α,β-unsaturated/α-hetero) is 1. The molecule has 2 heterocycles. The van der Waals surface area contributed by atoms with Crippen molar-refractivity contribution in [2.24, 2.45) is 39.9 Å². The van der Waals surface area contributed by atoms with Gasteiger partial charge in [0.15, 0.2) is 5.79 Å². The van der Waals surface area contributed by atoms with E-state index in [2.05, 4.69) is 13.8 Å². The normalized spacial score (nSPS) is 61.0. The number of carbonyl (C=O) groups is 1. The Labute approximate surface area is 167 Å². The van der Waals surface area contributed by atoms with Gasteiger partial charge in [-0.05, 0) is 56.8 Å². The minimum Gasteiger partial charge on any atom is -0.396 e. The third-order valence-corrected chi connectivity index (χ3v) is 10.0. The van der Waals surface area contributed by atoms with E-state index in [1.54, 1.807) is 0 Å². The molecular formula is C23H34O5. The van der Waals surface area contributed by atoms with Crippen LogP contribution in [0.1, 0.15) is 59.8 Å². The number of aliphatic hydroxyl groups is 1. The number of carbonyl (C=O) groups excluding carboxylic acids is 1. The van der Waals surface area contributed by atoms with Crippen LogP contribution in [-0.2, 0) is 19.0 Å². The summed E-state index contributed by atoms with van der Waals surface area (Å²) in [6.07, 6.45) is 4.98. The van der Waals surface area contributed by atoms with Crippen LogP contribution in [0.15, 0.2) is 0 Å². The van der Waals surface area contributed by atoms with Gasteiger partial charge in [0.25, 0.3) is 0 Å². The van der Waals surface area contributed by atoms with Gasteiger partial charge in [0, 0.05) is 23.9 Å². The number of ketones is 1. The average molecular weight is 391 g/mol. The first-order valence-corrected chi connectivity index (χ1v) is 11.3. The summed E-state index contributed by atoms with van der Waals surface area (Å²) in [4.78, 5) is 13.9. The number of ether oxygens (including phenoxy) is 3. The molecule has 6 aliphatic rings. The van der Waals surface area contributed by atoms with Gasteiger partial charge >= 0.3 is 0 Å². The molecule has 2 aliphatic heterocycles. The number of rotatable bonds is 1. The lowest BCUT2D eigenvalue weighted by Crippen LogP contribution is -2.73. The van der Waals surface area contributed by atoms with Gasteiger partial charge in [-0.2, -0.15) is 0 Å². The molecule has 6 rings (SSSR count). The van der Waals surface area contributed by atoms with Gasteiger partial charge in [-0.1, -0.05) is 20.3 Å². The Hall–Kier alpha value is -0.490. The lowest BCUT2D eigenvalue weighted by atomic mass is 9.39. The minimum atomic E-state index is -0.669. The second-order valence-electron chi connectivity index (χ2n) is 11.5. The highest BCUT2D eigenvalue weighted by atomic mass is 16.7. The molecule has 10 atom stereocenters. The van der Waals surface area contributed by atoms with Crippen molar-refractivity contribution in [2.75, 3.05) is 13.2 Å². The van der Waals surface area contributed by atoms with E-state index in [4.69, 9.17) is 14.2 Å². The molecule has 4 saturated carbocycles. The van der Waals surface area contributed by atoms with E-state index in [0.717, 1.165) is 38.7 Å². The van der Waals surface area contributed by atoms with Crippen molar-refractivity contribution < 1.29 is 24.1 Å². The first kappa shape index (κ1) is 18.3. The quantitative estimate of drug-likeness (QED) is 0.746. The van der Waals surface area contributed by atoms with Crippen LogP contribution < -0.4 is 0 Å². The van der Waals surface area contributed by atoms with Crippen molar-refractivity contribution in [1.29, 1.82) is 0 Å². The standard InChI is InChI=1S/C23H34O5/c1-12-13-8-14-17-22(11-26-14)7-5-6-21(4,10-24)15(22)9-16-23(17,18(12)25)19(13)28-20(2,3)27-16/h12-17,19,24H,5-11H2,1-4H3/t12-,13+,14-,15-,16-,17+,19-,21+,22+,23+/m1/s1. The number of aliphatic hydroxyl groups excluding tert-OH is 1. The molecule has 2 spiro atoms. The Morgan fingerprint density at radius 3 is 2.68 bits per heavy atom. The van der Waals surface area contributed by atoms with Crippen LogP contribution in [0.4, 0.5) is 0 Å². The van der Waals surface area contributed by atoms with Gasteiger partial charge in [-0.25, -0.2) is 0 Å². The molecule has 2 bridgehead atoms. The van der Waals surface area contributed by atoms with E-state index in [-0.39, 0.29) is 53.5 Å². The summed E-state index contributed by atoms with van der Waals surface area (Å²) >= 11 is 0. The maximum atomic E-state index is 13.9. The Kier molecular flexibility index (Phi) is 3.41. The van der Waals surface area contributed by atoms with Crippen LogP contribution in [0.25, 0.3) is 0 Å². The molecule has 4 aliphatic carbocycles. The fraction of sp³-hybridized carbons (Fsp3) is 0.957. The molecule has 6 fully saturated rings. The van der Waals surface area contributed by atoms with Crippen molar-refractivity contribution in [3.63, 3.8) is 0 Å². The molecular weight excluding hydrogens is 356 g/mol. The summed E-state index contributed by atoms with van der Waals surface area (Å²) in [5.41, 5.74) is -0.694. The second-order valence-corrected chi connectivity index (χ2v) is 11.5. The molecule has 156 valence electrons. The molecule has 0 aromatic heterocycles. The lowest BCUT2D eigenvalue weighted by Gasteiger charge is -2.67. The summed E-state index contributed by atoms with van der Waals surface area (Å²) < 4.78 is 19.7. The van der Waals surface area contributed by atoms with Crippen LogP contribution in [0, 0.1) is 39.9 Å². The van der Waals surface area contributed by atoms with Crippen LogP contribution >= 0.6 is 0 Å². The van der Waals surface area contributed by atoms with Crippen molar-refractivity contribution in [1.82, 2.24) is 0 Å². The fourth-order valence-electron chi connectivity index (χ4n) is 9.15. The number of hydrogen-bond donors (Lipinski definition) is 1. The van der Waals surface area contributed by atoms with Gasteiger partial charge in [0.1, 0.15) is 5.78 Å². The largest absolute Gasteiger partial charge is 0.396 e. The molecule has 2 saturated heterocycles. The van der Waals surface area contributed by atoms with Crippen molar-refractivity contribution in [3.05, 3.63) is 0 Å². The maximum absolute atomic E-state index is 13.9. The van der Waals surface area contributed by atoms with Crippen molar-refractivity contribution in [3.8, 4) is 0 Å². The summed E-state index contributed by atoms with van der Waals surface area (Å²) in [5, 5.41) is 10.4. The predicted molar refractivity (Wildman–Crippen MR) is 101 cm³/mol. The molecule has 28 heavy (non-hydrogen) atoms. The monoisotopic (exact) mass is 390 g/mol. The highest BCUT2D eigenvalue weighted by Crippen LogP contribution is 2.75. The maximum Gasteiger partial charge on any atom is 0.163 e. The Balaban J connectivity index is 1.58. The molecule has 1 N–H and O–H groups in total. The Bertz CT molecular complexity index is 735. The van der Waals surface area contributed by atoms with Gasteiger partial charge < -0.3 is 19.3 Å². The van der Waals surface area contributed by atoms with Crippen molar-refractivity contribution in [2.45, 2.75) is 83.9 Å². The van der Waals surface area contributed by atoms with E-state index >= 15 is 0 Å². The van der Waals surface area contributed by atoms with Crippen LogP contribution in [-0.4, -0.2) is 48.2 Å². The van der Waals surface area contributed by atoms with E-state index in [9.17, 15) is 9.90 Å². The van der Waals surface area contributed by atoms with Gasteiger partial charge in [-0.3, -0.25) is 4.79 Å². The number of hydrogen-bond acceptors (Lipinski definition) is 5. The SMILES string of the molecule is C[C@H]1C(=O)[C@]23[C@@H]4OC(C)(C)O[C@@H]2C[C@@H]2[C@](C)(CO)CCC[C@]25CO[C@H](C[C@H]41)[C@@H]53. The minimum absolute atomic E-state index is 0.0145. The lowest BCUT2D eigenvalue weighted by molar-refractivity contribution is -0.380. The first-order valence-electron chi connectivity index (χ1n) is 11.3. The van der Waals surface area contributed by atoms with Gasteiger partial charge in [0.05, 0.1) is 30.3 Å². The molecule has 0 unspecified atom stereocenters. The highest BCUT2D eigenvalue weighted by Gasteiger charge is 2.82. The van der Waals surface area contributed by atoms with Gasteiger partial charge in [0.2, 0.25) is 0 Å². The smallest absolute Gasteiger partial charge is 0.163 e. The summed E-state index contributed by atoms with van der Waals surface area (Å²) in [7, 11) is 0. The average Bonchev–Trinajstić information content (AvgIpc) is 3.07. The topological polar surface area (TPSA) is 65.0 Å². The Morgan fingerprint density at radius 1 is 1.14 bits per heavy atom. The predicted octanol–water partition coefficient (Wildman–Crippen LogP) is 2.94. The molecule has 0 radical (unpaired) electrons. The summed E-state index contributed by atoms with van der Waals surface area (Å²) in [6.45, 7) is 9.29. The van der Waals surface area contributed by atoms with Crippen LogP contribution in [0.3, 0.4) is 0 Å². The third-order valence-electron chi connectivity index (χ3n) is 10.0. The van der Waals surface area contributed by atoms with E-state index in [0.29, 0.717) is 11.7 Å². The molecule has 5 heteroatoms. The third kappa shape index (κ3) is 1.79. The zero-order valence-electron chi connectivity index (χ0n) is 17.6. The molecule has 0 aromatic carbocycles. The zero-order chi connectivity index (χ0) is 19.7. The highest BCUT2D eigenvalue weighted by molar-refractivity contribution is 5.92. The molecule has 5 nitrogen and oxygen atoms in total. The van der Waals surface area contributed by atoms with E-state index < -0.39 is 11.2 Å². The molecule has 0 aromatic rings. The van der Waals surface area contributed by atoms with E-state index in [1.165, 1.54) is 0 Å². The second kappa shape index (κ2) is 5.22. The fourth-order valence-corrected chi connectivity index (χ4v) is 9.15. The molecule has 0 amide bonds. The summed E-state index contributed by atoms with van der Waals surface area (Å²) in [6, 6.07) is 0. The van der Waals surface area contributed by atoms with Crippen LogP contribution in [0.5, 0.6) is 0 Å². The van der Waals surface area contributed by atoms with Crippen LogP contribution in [0.2, 0.25) is 0 Å². The zero-order valence-corrected chi connectivity index (χ0v) is 17.6.